The quantitative estimate of drug-likeness (QED) is 0.623. The van der Waals surface area contributed by atoms with E-state index in [4.69, 9.17) is 9.26 Å². The van der Waals surface area contributed by atoms with Crippen LogP contribution < -0.4 is 9.46 Å². The molecule has 0 aliphatic carbocycles. The number of aryl methyl sites for hydroxylation is 1. The Labute approximate surface area is 161 Å². The number of nitrogens with zero attached hydrogens (tertiary/aromatic N) is 2. The minimum atomic E-state index is -3.71. The van der Waals surface area contributed by atoms with Gasteiger partial charge in [-0.3, -0.25) is 0 Å². The Balaban J connectivity index is 2.21. The van der Waals surface area contributed by atoms with Crippen LogP contribution >= 0.6 is 0 Å². The van der Waals surface area contributed by atoms with Crippen LogP contribution in [0, 0.1) is 13.8 Å². The van der Waals surface area contributed by atoms with E-state index in [2.05, 4.69) is 28.6 Å². The van der Waals surface area contributed by atoms with Gasteiger partial charge in [-0.1, -0.05) is 19.0 Å². The van der Waals surface area contributed by atoms with Gasteiger partial charge in [0.05, 0.1) is 12.8 Å². The van der Waals surface area contributed by atoms with Gasteiger partial charge in [-0.25, -0.2) is 13.1 Å². The molecule has 0 bridgehead atoms. The van der Waals surface area contributed by atoms with Crippen molar-refractivity contribution in [2.75, 3.05) is 33.3 Å². The highest BCUT2D eigenvalue weighted by atomic mass is 32.2. The molecule has 7 nitrogen and oxygen atoms in total. The van der Waals surface area contributed by atoms with E-state index in [1.165, 1.54) is 7.11 Å². The first-order chi connectivity index (χ1) is 12.8. The molecule has 0 radical (unpaired) electrons. The van der Waals surface area contributed by atoms with Gasteiger partial charge in [0.15, 0.2) is 5.76 Å². The molecule has 150 valence electrons. The number of hydrogen-bond donors (Lipinski definition) is 1. The van der Waals surface area contributed by atoms with Gasteiger partial charge < -0.3 is 14.2 Å². The molecule has 8 heteroatoms. The van der Waals surface area contributed by atoms with Gasteiger partial charge in [0.1, 0.15) is 10.6 Å². The predicted molar refractivity (Wildman–Crippen MR) is 106 cm³/mol. The summed E-state index contributed by atoms with van der Waals surface area (Å²) in [5.41, 5.74) is 2.31. The SMILES string of the molecule is CCN(CC)CCCNS(=O)(=O)c1cc(-c2onc(C)c2C)ccc1OC. The summed E-state index contributed by atoms with van der Waals surface area (Å²) in [5.74, 6) is 0.858. The van der Waals surface area contributed by atoms with E-state index in [-0.39, 0.29) is 4.90 Å². The monoisotopic (exact) mass is 395 g/mol. The molecule has 2 aromatic rings. The molecule has 27 heavy (non-hydrogen) atoms. The van der Waals surface area contributed by atoms with Crippen molar-refractivity contribution in [1.82, 2.24) is 14.8 Å². The second-order valence-electron chi connectivity index (χ2n) is 6.37. The van der Waals surface area contributed by atoms with Crippen LogP contribution in [0.3, 0.4) is 0 Å². The van der Waals surface area contributed by atoms with E-state index < -0.39 is 10.0 Å². The largest absolute Gasteiger partial charge is 0.495 e. The number of methoxy groups -OCH3 is 1. The molecule has 0 amide bonds. The van der Waals surface area contributed by atoms with Gasteiger partial charge in [-0.2, -0.15) is 0 Å². The second-order valence-corrected chi connectivity index (χ2v) is 8.10. The Kier molecular flexibility index (Phi) is 7.41. The lowest BCUT2D eigenvalue weighted by molar-refractivity contribution is 0.300. The highest BCUT2D eigenvalue weighted by Gasteiger charge is 2.22. The number of benzene rings is 1. The average Bonchev–Trinajstić information content (AvgIpc) is 3.00. The molecule has 1 heterocycles. The van der Waals surface area contributed by atoms with E-state index in [0.29, 0.717) is 23.6 Å². The first-order valence-corrected chi connectivity index (χ1v) is 10.7. The molecular formula is C19H29N3O4S. The molecule has 0 fully saturated rings. The van der Waals surface area contributed by atoms with Gasteiger partial charge in [-0.05, 0) is 58.1 Å². The predicted octanol–water partition coefficient (Wildman–Crippen LogP) is 2.98. The lowest BCUT2D eigenvalue weighted by atomic mass is 10.1. The Morgan fingerprint density at radius 2 is 1.93 bits per heavy atom. The van der Waals surface area contributed by atoms with Crippen molar-refractivity contribution in [3.05, 3.63) is 29.5 Å². The minimum absolute atomic E-state index is 0.0961. The molecule has 0 atom stereocenters. The molecule has 0 aliphatic heterocycles. The molecule has 0 unspecified atom stereocenters. The Hall–Kier alpha value is -1.90. The number of nitrogens with one attached hydrogen (secondary N) is 1. The lowest BCUT2D eigenvalue weighted by Gasteiger charge is -2.18. The molecule has 1 aromatic carbocycles. The Bertz CT molecular complexity index is 858. The second kappa shape index (κ2) is 9.34. The van der Waals surface area contributed by atoms with Crippen molar-refractivity contribution >= 4 is 10.0 Å². The van der Waals surface area contributed by atoms with Crippen LogP contribution in [0.5, 0.6) is 5.75 Å². The maximum absolute atomic E-state index is 12.8. The minimum Gasteiger partial charge on any atom is -0.495 e. The fraction of sp³-hybridized carbons (Fsp3) is 0.526. The van der Waals surface area contributed by atoms with Gasteiger partial charge in [0.2, 0.25) is 10.0 Å². The maximum atomic E-state index is 12.8. The molecule has 0 saturated carbocycles. The van der Waals surface area contributed by atoms with Crippen LogP contribution in [-0.4, -0.2) is 51.8 Å². The van der Waals surface area contributed by atoms with Crippen LogP contribution in [0.4, 0.5) is 0 Å². The van der Waals surface area contributed by atoms with Gasteiger partial charge in [0, 0.05) is 17.7 Å². The van der Waals surface area contributed by atoms with Crippen molar-refractivity contribution < 1.29 is 17.7 Å². The standard InChI is InChI=1S/C19H29N3O4S/c1-6-22(7-2)12-8-11-20-27(23,24)18-13-16(9-10-17(18)25-5)19-14(3)15(4)21-26-19/h9-10,13,20H,6-8,11-12H2,1-5H3. The van der Waals surface area contributed by atoms with Crippen molar-refractivity contribution in [2.45, 2.75) is 39.0 Å². The van der Waals surface area contributed by atoms with Crippen molar-refractivity contribution in [3.8, 4) is 17.1 Å². The van der Waals surface area contributed by atoms with Crippen LogP contribution in [0.2, 0.25) is 0 Å². The van der Waals surface area contributed by atoms with E-state index in [9.17, 15) is 8.42 Å². The summed E-state index contributed by atoms with van der Waals surface area (Å²) in [5, 5.41) is 3.94. The number of aromatic nitrogens is 1. The summed E-state index contributed by atoms with van der Waals surface area (Å²) in [7, 11) is -2.25. The van der Waals surface area contributed by atoms with Gasteiger partial charge >= 0.3 is 0 Å². The first kappa shape index (κ1) is 21.4. The Morgan fingerprint density at radius 1 is 1.22 bits per heavy atom. The molecule has 0 aliphatic rings. The molecule has 1 aromatic heterocycles. The highest BCUT2D eigenvalue weighted by molar-refractivity contribution is 7.89. The third kappa shape index (κ3) is 5.09. The Morgan fingerprint density at radius 3 is 2.48 bits per heavy atom. The molecule has 0 spiro atoms. The number of rotatable bonds is 10. The van der Waals surface area contributed by atoms with Gasteiger partial charge in [0.25, 0.3) is 0 Å². The van der Waals surface area contributed by atoms with Crippen molar-refractivity contribution in [2.24, 2.45) is 0 Å². The molecule has 2 rings (SSSR count). The van der Waals surface area contributed by atoms with Gasteiger partial charge in [-0.15, -0.1) is 0 Å². The summed E-state index contributed by atoms with van der Waals surface area (Å²) in [6.07, 6.45) is 0.739. The zero-order chi connectivity index (χ0) is 20.0. The summed E-state index contributed by atoms with van der Waals surface area (Å²) in [6.45, 7) is 11.1. The fourth-order valence-electron chi connectivity index (χ4n) is 2.84. The lowest BCUT2D eigenvalue weighted by Crippen LogP contribution is -2.30. The van der Waals surface area contributed by atoms with Crippen molar-refractivity contribution in [1.29, 1.82) is 0 Å². The number of ether oxygens (including phenoxy) is 1. The smallest absolute Gasteiger partial charge is 0.244 e. The first-order valence-electron chi connectivity index (χ1n) is 9.17. The van der Waals surface area contributed by atoms with E-state index in [0.717, 1.165) is 37.3 Å². The van der Waals surface area contributed by atoms with Crippen LogP contribution in [0.15, 0.2) is 27.6 Å². The molecule has 0 saturated heterocycles. The van der Waals surface area contributed by atoms with E-state index in [1.54, 1.807) is 18.2 Å². The molecular weight excluding hydrogens is 366 g/mol. The molecule has 1 N–H and O–H groups in total. The topological polar surface area (TPSA) is 84.7 Å². The van der Waals surface area contributed by atoms with Crippen molar-refractivity contribution in [3.63, 3.8) is 0 Å². The van der Waals surface area contributed by atoms with E-state index in [1.807, 2.05) is 13.8 Å². The average molecular weight is 396 g/mol. The van der Waals surface area contributed by atoms with Crippen LogP contribution in [-0.2, 0) is 10.0 Å². The highest BCUT2D eigenvalue weighted by Crippen LogP contribution is 2.32. The normalized spacial score (nSPS) is 11.9. The van der Waals surface area contributed by atoms with E-state index >= 15 is 0 Å². The third-order valence-electron chi connectivity index (χ3n) is 4.71. The fourth-order valence-corrected chi connectivity index (χ4v) is 4.11. The summed E-state index contributed by atoms with van der Waals surface area (Å²) >= 11 is 0. The van der Waals surface area contributed by atoms with Crippen LogP contribution in [0.25, 0.3) is 11.3 Å². The van der Waals surface area contributed by atoms with Crippen LogP contribution in [0.1, 0.15) is 31.5 Å². The number of hydrogen-bond acceptors (Lipinski definition) is 6. The summed E-state index contributed by atoms with van der Waals surface area (Å²) < 4.78 is 38.9. The third-order valence-corrected chi connectivity index (χ3v) is 6.19. The zero-order valence-electron chi connectivity index (χ0n) is 16.7. The zero-order valence-corrected chi connectivity index (χ0v) is 17.5. The summed E-state index contributed by atoms with van der Waals surface area (Å²) in [6, 6.07) is 4.97. The maximum Gasteiger partial charge on any atom is 0.244 e. The number of sulfonamides is 1. The summed E-state index contributed by atoms with van der Waals surface area (Å²) in [4.78, 5) is 2.35.